The van der Waals surface area contributed by atoms with Crippen molar-refractivity contribution in [2.24, 2.45) is 0 Å². The molecule has 0 bridgehead atoms. The molecule has 2 aromatic carbocycles. The lowest BCUT2D eigenvalue weighted by atomic mass is 9.93. The molecule has 0 radical (unpaired) electrons. The molecular weight excluding hydrogens is 382 g/mol. The van der Waals surface area contributed by atoms with E-state index in [2.05, 4.69) is 10.3 Å². The second-order valence-corrected chi connectivity index (χ2v) is 8.49. The smallest absolute Gasteiger partial charge is 0.254 e. The van der Waals surface area contributed by atoms with E-state index in [0.29, 0.717) is 10.7 Å². The molecule has 0 saturated heterocycles. The maximum atomic E-state index is 13.4. The van der Waals surface area contributed by atoms with E-state index in [4.69, 9.17) is 0 Å². The minimum Gasteiger partial charge on any atom is -0.326 e. The number of benzene rings is 2. The molecule has 0 aliphatic heterocycles. The van der Waals surface area contributed by atoms with E-state index in [1.165, 1.54) is 17.8 Å². The van der Waals surface area contributed by atoms with Gasteiger partial charge in [-0.15, -0.1) is 11.3 Å². The van der Waals surface area contributed by atoms with Crippen LogP contribution in [-0.2, 0) is 4.79 Å². The largest absolute Gasteiger partial charge is 0.326 e. The van der Waals surface area contributed by atoms with E-state index >= 15 is 0 Å². The van der Waals surface area contributed by atoms with Gasteiger partial charge in [-0.25, -0.2) is 4.98 Å². The number of amides is 2. The summed E-state index contributed by atoms with van der Waals surface area (Å²) in [5, 5.41) is 7.45. The number of aromatic nitrogens is 1. The lowest BCUT2D eigenvalue weighted by Gasteiger charge is -2.34. The first kappa shape index (κ1) is 19.6. The van der Waals surface area contributed by atoms with Crippen LogP contribution in [0.5, 0.6) is 0 Å². The number of nitrogens with one attached hydrogen (secondary N) is 1. The first-order valence-electron chi connectivity index (χ1n) is 10.1. The number of hydrogen-bond acceptors (Lipinski definition) is 4. The van der Waals surface area contributed by atoms with Crippen molar-refractivity contribution in [1.29, 1.82) is 0 Å². The number of thiazole rings is 1. The first-order valence-corrected chi connectivity index (χ1v) is 11.0. The minimum atomic E-state index is -0.195. The summed E-state index contributed by atoms with van der Waals surface area (Å²) < 4.78 is 0. The molecule has 0 spiro atoms. The monoisotopic (exact) mass is 407 g/mol. The molecule has 5 nitrogen and oxygen atoms in total. The fourth-order valence-corrected chi connectivity index (χ4v) is 4.68. The molecule has 1 aliphatic rings. The second-order valence-electron chi connectivity index (χ2n) is 7.63. The van der Waals surface area contributed by atoms with E-state index in [0.717, 1.165) is 42.1 Å². The molecule has 4 rings (SSSR count). The Labute approximate surface area is 174 Å². The lowest BCUT2D eigenvalue weighted by molar-refractivity contribution is -0.117. The standard InChI is InChI=1S/C23H25N3O2S/c1-16-15-29-23(24-16)25-21(27)14-26(20-9-3-2-4-10-20)22(28)19-12-11-17-7-5-6-8-18(17)13-19/h5-8,11-13,15,20H,2-4,9-10,14H2,1H3,(H,24,25,27). The molecule has 6 heteroatoms. The van der Waals surface area contributed by atoms with Gasteiger partial charge in [-0.3, -0.25) is 9.59 Å². The summed E-state index contributed by atoms with van der Waals surface area (Å²) in [6, 6.07) is 13.9. The molecule has 1 aromatic heterocycles. The molecular formula is C23H25N3O2S. The quantitative estimate of drug-likeness (QED) is 0.646. The molecule has 150 valence electrons. The molecule has 0 unspecified atom stereocenters. The van der Waals surface area contributed by atoms with Gasteiger partial charge in [0.15, 0.2) is 5.13 Å². The van der Waals surface area contributed by atoms with Crippen LogP contribution in [0.1, 0.15) is 48.2 Å². The number of nitrogens with zero attached hydrogens (tertiary/aromatic N) is 2. The van der Waals surface area contributed by atoms with Gasteiger partial charge in [0, 0.05) is 17.0 Å². The van der Waals surface area contributed by atoms with Gasteiger partial charge in [-0.2, -0.15) is 0 Å². The maximum absolute atomic E-state index is 13.4. The highest BCUT2D eigenvalue weighted by Gasteiger charge is 2.28. The van der Waals surface area contributed by atoms with E-state index in [9.17, 15) is 9.59 Å². The third-order valence-electron chi connectivity index (χ3n) is 5.45. The molecule has 1 fully saturated rings. The van der Waals surface area contributed by atoms with Crippen molar-refractivity contribution in [3.63, 3.8) is 0 Å². The van der Waals surface area contributed by atoms with Crippen LogP contribution in [0.25, 0.3) is 10.8 Å². The number of rotatable bonds is 5. The second kappa shape index (κ2) is 8.74. The predicted octanol–water partition coefficient (Wildman–Crippen LogP) is 5.02. The van der Waals surface area contributed by atoms with Gasteiger partial charge in [0.1, 0.15) is 6.54 Å². The number of aryl methyl sites for hydroxylation is 1. The van der Waals surface area contributed by atoms with Gasteiger partial charge in [0.25, 0.3) is 5.91 Å². The van der Waals surface area contributed by atoms with Crippen molar-refractivity contribution >= 4 is 39.1 Å². The van der Waals surface area contributed by atoms with Crippen molar-refractivity contribution in [3.05, 3.63) is 59.1 Å². The highest BCUT2D eigenvalue weighted by molar-refractivity contribution is 7.13. The summed E-state index contributed by atoms with van der Waals surface area (Å²) >= 11 is 1.40. The summed E-state index contributed by atoms with van der Waals surface area (Å²) in [5.41, 5.74) is 1.51. The first-order chi connectivity index (χ1) is 14.1. The normalized spacial score (nSPS) is 14.7. The zero-order chi connectivity index (χ0) is 20.2. The van der Waals surface area contributed by atoms with Crippen LogP contribution >= 0.6 is 11.3 Å². The van der Waals surface area contributed by atoms with E-state index < -0.39 is 0 Å². The van der Waals surface area contributed by atoms with E-state index in [1.807, 2.05) is 54.8 Å². The Morgan fingerprint density at radius 2 is 1.86 bits per heavy atom. The van der Waals surface area contributed by atoms with Gasteiger partial charge in [0.05, 0.1) is 5.69 Å². The molecule has 29 heavy (non-hydrogen) atoms. The number of carbonyl (C=O) groups excluding carboxylic acids is 2. The van der Waals surface area contributed by atoms with Crippen LogP contribution in [-0.4, -0.2) is 34.3 Å². The zero-order valence-corrected chi connectivity index (χ0v) is 17.4. The van der Waals surface area contributed by atoms with Crippen LogP contribution in [0.4, 0.5) is 5.13 Å². The molecule has 2 amide bonds. The predicted molar refractivity (Wildman–Crippen MR) is 117 cm³/mol. The summed E-state index contributed by atoms with van der Waals surface area (Å²) in [4.78, 5) is 32.2. The Balaban J connectivity index is 1.56. The molecule has 1 saturated carbocycles. The Kier molecular flexibility index (Phi) is 5.90. The highest BCUT2D eigenvalue weighted by Crippen LogP contribution is 2.25. The Morgan fingerprint density at radius 3 is 2.59 bits per heavy atom. The topological polar surface area (TPSA) is 62.3 Å². The summed E-state index contributed by atoms with van der Waals surface area (Å²) in [5.74, 6) is -0.271. The van der Waals surface area contributed by atoms with Gasteiger partial charge in [-0.05, 0) is 42.7 Å². The van der Waals surface area contributed by atoms with Crippen molar-refractivity contribution in [2.45, 2.75) is 45.1 Å². The zero-order valence-electron chi connectivity index (χ0n) is 16.6. The summed E-state index contributed by atoms with van der Waals surface area (Å²) in [6.45, 7) is 1.94. The van der Waals surface area contributed by atoms with E-state index in [1.54, 1.807) is 4.90 Å². The number of anilines is 1. The van der Waals surface area contributed by atoms with Crippen molar-refractivity contribution < 1.29 is 9.59 Å². The Hall–Kier alpha value is -2.73. The van der Waals surface area contributed by atoms with Crippen molar-refractivity contribution in [2.75, 3.05) is 11.9 Å². The summed E-state index contributed by atoms with van der Waals surface area (Å²) in [7, 11) is 0. The van der Waals surface area contributed by atoms with Crippen molar-refractivity contribution in [1.82, 2.24) is 9.88 Å². The molecule has 1 N–H and O–H groups in total. The van der Waals surface area contributed by atoms with Gasteiger partial charge < -0.3 is 10.2 Å². The summed E-state index contributed by atoms with van der Waals surface area (Å²) in [6.07, 6.45) is 5.28. The maximum Gasteiger partial charge on any atom is 0.254 e. The van der Waals surface area contributed by atoms with Crippen LogP contribution in [0.15, 0.2) is 47.8 Å². The van der Waals surface area contributed by atoms with Crippen LogP contribution in [0.2, 0.25) is 0 Å². The molecule has 0 atom stereocenters. The SMILES string of the molecule is Cc1csc(NC(=O)CN(C(=O)c2ccc3ccccc3c2)C2CCCCC2)n1. The van der Waals surface area contributed by atoms with E-state index in [-0.39, 0.29) is 24.4 Å². The highest BCUT2D eigenvalue weighted by atomic mass is 32.1. The van der Waals surface area contributed by atoms with Crippen LogP contribution in [0.3, 0.4) is 0 Å². The number of hydrogen-bond donors (Lipinski definition) is 1. The third-order valence-corrected chi connectivity index (χ3v) is 6.33. The molecule has 3 aromatic rings. The number of fused-ring (bicyclic) bond motifs is 1. The fraction of sp³-hybridized carbons (Fsp3) is 0.348. The van der Waals surface area contributed by atoms with Gasteiger partial charge in [0.2, 0.25) is 5.91 Å². The lowest BCUT2D eigenvalue weighted by Crippen LogP contribution is -2.45. The van der Waals surface area contributed by atoms with Gasteiger partial charge >= 0.3 is 0 Å². The van der Waals surface area contributed by atoms with Crippen molar-refractivity contribution in [3.8, 4) is 0 Å². The average molecular weight is 408 g/mol. The third kappa shape index (κ3) is 4.65. The van der Waals surface area contributed by atoms with Crippen LogP contribution < -0.4 is 5.32 Å². The Morgan fingerprint density at radius 1 is 1.10 bits per heavy atom. The average Bonchev–Trinajstić information content (AvgIpc) is 3.16. The Bertz CT molecular complexity index is 1020. The number of carbonyl (C=O) groups is 2. The minimum absolute atomic E-state index is 0.0506. The molecule has 1 heterocycles. The van der Waals surface area contributed by atoms with Crippen LogP contribution in [0, 0.1) is 6.92 Å². The molecule has 1 aliphatic carbocycles. The fourth-order valence-electron chi connectivity index (χ4n) is 3.97. The van der Waals surface area contributed by atoms with Gasteiger partial charge in [-0.1, -0.05) is 49.6 Å².